The maximum absolute atomic E-state index is 13.0. The third kappa shape index (κ3) is 4.48. The molecule has 0 spiro atoms. The summed E-state index contributed by atoms with van der Waals surface area (Å²) in [5, 5.41) is 0. The van der Waals surface area contributed by atoms with Crippen LogP contribution in [-0.4, -0.2) is 42.4 Å². The van der Waals surface area contributed by atoms with Crippen LogP contribution in [0.5, 0.6) is 0 Å². The van der Waals surface area contributed by atoms with E-state index in [0.29, 0.717) is 25.3 Å². The average molecular weight is 319 g/mol. The Hall–Kier alpha value is -2.01. The lowest BCUT2D eigenvalue weighted by atomic mass is 9.90. The van der Waals surface area contributed by atoms with Crippen LogP contribution in [0.4, 0.5) is 4.39 Å². The molecule has 2 rings (SSSR count). The Bertz CT molecular complexity index is 570. The number of nitrogens with zero attached hydrogens (tertiary/aromatic N) is 1. The van der Waals surface area contributed by atoms with Crippen LogP contribution in [0.3, 0.4) is 0 Å². The van der Waals surface area contributed by atoms with Crippen LogP contribution in [0.25, 0.3) is 0 Å². The quantitative estimate of drug-likeness (QED) is 0.598. The van der Waals surface area contributed by atoms with Crippen molar-refractivity contribution in [3.05, 3.63) is 48.3 Å². The van der Waals surface area contributed by atoms with Crippen LogP contribution in [0.2, 0.25) is 0 Å². The summed E-state index contributed by atoms with van der Waals surface area (Å²) in [6.45, 7) is 6.60. The normalized spacial score (nSPS) is 19.2. The third-order valence-electron chi connectivity index (χ3n) is 4.04. The minimum atomic E-state index is -0.548. The van der Waals surface area contributed by atoms with Gasteiger partial charge >= 0.3 is 0 Å². The van der Waals surface area contributed by atoms with E-state index in [2.05, 4.69) is 6.58 Å². The molecule has 0 N–H and O–H groups in total. The Labute approximate surface area is 135 Å². The highest BCUT2D eigenvalue weighted by Gasteiger charge is 2.31. The molecule has 0 unspecified atom stereocenters. The first-order valence-corrected chi connectivity index (χ1v) is 7.84. The van der Waals surface area contributed by atoms with Crippen molar-refractivity contribution in [1.82, 2.24) is 4.90 Å². The molecule has 1 aromatic carbocycles. The van der Waals surface area contributed by atoms with Crippen molar-refractivity contribution in [2.75, 3.05) is 19.7 Å². The van der Waals surface area contributed by atoms with Gasteiger partial charge in [0.25, 0.3) is 5.91 Å². The molecule has 1 aromatic rings. The average Bonchev–Trinajstić information content (AvgIpc) is 2.59. The van der Waals surface area contributed by atoms with Crippen molar-refractivity contribution in [1.29, 1.82) is 0 Å². The van der Waals surface area contributed by atoms with Gasteiger partial charge in [-0.25, -0.2) is 4.39 Å². The zero-order chi connectivity index (χ0) is 16.8. The number of hydrogen-bond acceptors (Lipinski definition) is 3. The molecule has 5 heteroatoms. The molecular formula is C18H22FNO3. The molecule has 0 bridgehead atoms. The van der Waals surface area contributed by atoms with E-state index in [-0.39, 0.29) is 23.4 Å². The topological polar surface area (TPSA) is 46.6 Å². The number of benzene rings is 1. The zero-order valence-electron chi connectivity index (χ0n) is 13.3. The van der Waals surface area contributed by atoms with E-state index in [0.717, 1.165) is 12.8 Å². The summed E-state index contributed by atoms with van der Waals surface area (Å²) < 4.78 is 18.3. The predicted molar refractivity (Wildman–Crippen MR) is 85.6 cm³/mol. The van der Waals surface area contributed by atoms with Crippen molar-refractivity contribution in [2.45, 2.75) is 25.9 Å². The van der Waals surface area contributed by atoms with E-state index in [4.69, 9.17) is 4.74 Å². The summed E-state index contributed by atoms with van der Waals surface area (Å²) in [4.78, 5) is 26.6. The van der Waals surface area contributed by atoms with Crippen molar-refractivity contribution in [3.63, 3.8) is 0 Å². The number of piperidine rings is 1. The van der Waals surface area contributed by atoms with Gasteiger partial charge < -0.3 is 9.64 Å². The Balaban J connectivity index is 1.99. The summed E-state index contributed by atoms with van der Waals surface area (Å²) in [6, 6.07) is 5.55. The zero-order valence-corrected chi connectivity index (χ0v) is 13.3. The van der Waals surface area contributed by atoms with E-state index < -0.39 is 6.10 Å². The SMILES string of the molecule is C=CCO[C@@H](C)C(=O)N1CCC[C@H](C(=O)c2ccc(F)cc2)C1. The van der Waals surface area contributed by atoms with E-state index in [1.807, 2.05) is 0 Å². The van der Waals surface area contributed by atoms with Gasteiger partial charge in [0.1, 0.15) is 11.9 Å². The van der Waals surface area contributed by atoms with Crippen LogP contribution in [-0.2, 0) is 9.53 Å². The minimum absolute atomic E-state index is 0.0397. The molecule has 1 saturated heterocycles. The first-order valence-electron chi connectivity index (χ1n) is 7.84. The van der Waals surface area contributed by atoms with Gasteiger partial charge in [-0.15, -0.1) is 6.58 Å². The fourth-order valence-corrected chi connectivity index (χ4v) is 2.78. The van der Waals surface area contributed by atoms with Gasteiger partial charge in [0, 0.05) is 24.6 Å². The monoisotopic (exact) mass is 319 g/mol. The molecule has 0 saturated carbocycles. The maximum Gasteiger partial charge on any atom is 0.251 e. The molecule has 0 radical (unpaired) electrons. The highest BCUT2D eigenvalue weighted by Crippen LogP contribution is 2.22. The van der Waals surface area contributed by atoms with E-state index >= 15 is 0 Å². The number of halogens is 1. The molecule has 124 valence electrons. The molecule has 1 amide bonds. The van der Waals surface area contributed by atoms with Crippen molar-refractivity contribution in [3.8, 4) is 0 Å². The summed E-state index contributed by atoms with van der Waals surface area (Å²) in [6.07, 6.45) is 2.56. The lowest BCUT2D eigenvalue weighted by Crippen LogP contribution is -2.46. The molecule has 2 atom stereocenters. The van der Waals surface area contributed by atoms with Gasteiger partial charge in [0.05, 0.1) is 6.61 Å². The highest BCUT2D eigenvalue weighted by molar-refractivity contribution is 5.98. The predicted octanol–water partition coefficient (Wildman–Crippen LogP) is 2.84. The van der Waals surface area contributed by atoms with Crippen LogP contribution >= 0.6 is 0 Å². The van der Waals surface area contributed by atoms with Gasteiger partial charge in [-0.05, 0) is 44.0 Å². The number of ether oxygens (including phenoxy) is 1. The van der Waals surface area contributed by atoms with Gasteiger partial charge in [0.2, 0.25) is 0 Å². The van der Waals surface area contributed by atoms with Crippen LogP contribution in [0, 0.1) is 11.7 Å². The molecule has 1 fully saturated rings. The molecule has 23 heavy (non-hydrogen) atoms. The lowest BCUT2D eigenvalue weighted by molar-refractivity contribution is -0.143. The molecule has 1 aliphatic heterocycles. The van der Waals surface area contributed by atoms with Gasteiger partial charge in [-0.3, -0.25) is 9.59 Å². The number of likely N-dealkylation sites (tertiary alicyclic amines) is 1. The summed E-state index contributed by atoms with van der Waals surface area (Å²) >= 11 is 0. The summed E-state index contributed by atoms with van der Waals surface area (Å²) in [7, 11) is 0. The number of rotatable bonds is 6. The summed E-state index contributed by atoms with van der Waals surface area (Å²) in [5.41, 5.74) is 0.488. The largest absolute Gasteiger partial charge is 0.365 e. The molecule has 0 aliphatic carbocycles. The van der Waals surface area contributed by atoms with Crippen molar-refractivity contribution < 1.29 is 18.7 Å². The fraction of sp³-hybridized carbons (Fsp3) is 0.444. The number of Topliss-reactive ketones (excluding diaryl/α,β-unsaturated/α-hetero) is 1. The number of amides is 1. The van der Waals surface area contributed by atoms with Gasteiger partial charge in [0.15, 0.2) is 5.78 Å². The van der Waals surface area contributed by atoms with Crippen LogP contribution in [0.1, 0.15) is 30.1 Å². The lowest BCUT2D eigenvalue weighted by Gasteiger charge is -2.33. The number of hydrogen-bond donors (Lipinski definition) is 0. The summed E-state index contributed by atoms with van der Waals surface area (Å²) in [5.74, 6) is -0.759. The van der Waals surface area contributed by atoms with E-state index in [1.165, 1.54) is 24.3 Å². The third-order valence-corrected chi connectivity index (χ3v) is 4.04. The Morgan fingerprint density at radius 3 is 2.78 bits per heavy atom. The molecular weight excluding hydrogens is 297 g/mol. The second-order valence-electron chi connectivity index (χ2n) is 5.76. The first-order chi connectivity index (χ1) is 11.0. The number of carbonyl (C=O) groups is 2. The fourth-order valence-electron chi connectivity index (χ4n) is 2.78. The Kier molecular flexibility index (Phi) is 6.04. The highest BCUT2D eigenvalue weighted by atomic mass is 19.1. The first kappa shape index (κ1) is 17.3. The minimum Gasteiger partial charge on any atom is -0.365 e. The number of carbonyl (C=O) groups excluding carboxylic acids is 2. The molecule has 1 aliphatic rings. The van der Waals surface area contributed by atoms with Crippen LogP contribution in [0.15, 0.2) is 36.9 Å². The van der Waals surface area contributed by atoms with Gasteiger partial charge in [-0.1, -0.05) is 6.08 Å². The Morgan fingerprint density at radius 1 is 1.43 bits per heavy atom. The van der Waals surface area contributed by atoms with E-state index in [9.17, 15) is 14.0 Å². The standard InChI is InChI=1S/C18H22FNO3/c1-3-11-23-13(2)18(22)20-10-4-5-15(12-20)17(21)14-6-8-16(19)9-7-14/h3,6-9,13,15H,1,4-5,10-12H2,2H3/t13-,15-/m0/s1. The number of ketones is 1. The van der Waals surface area contributed by atoms with Gasteiger partial charge in [-0.2, -0.15) is 0 Å². The molecule has 0 aromatic heterocycles. The van der Waals surface area contributed by atoms with Crippen molar-refractivity contribution in [2.24, 2.45) is 5.92 Å². The maximum atomic E-state index is 13.0. The molecule has 1 heterocycles. The van der Waals surface area contributed by atoms with E-state index in [1.54, 1.807) is 17.9 Å². The van der Waals surface area contributed by atoms with Crippen LogP contribution < -0.4 is 0 Å². The van der Waals surface area contributed by atoms with Crippen molar-refractivity contribution >= 4 is 11.7 Å². The molecule has 4 nitrogen and oxygen atoms in total. The second-order valence-corrected chi connectivity index (χ2v) is 5.76. The smallest absolute Gasteiger partial charge is 0.251 e. The Morgan fingerprint density at radius 2 is 2.13 bits per heavy atom. The second kappa shape index (κ2) is 8.02.